The monoisotopic (exact) mass is 459 g/mol. The average Bonchev–Trinajstić information content (AvgIpc) is 3.42. The van der Waals surface area contributed by atoms with Crippen molar-refractivity contribution in [2.24, 2.45) is 0 Å². The molecule has 10 heteroatoms. The summed E-state index contributed by atoms with van der Waals surface area (Å²) in [5.41, 5.74) is 0.287. The van der Waals surface area contributed by atoms with Gasteiger partial charge in [0.05, 0.1) is 12.7 Å². The molecule has 1 aliphatic carbocycles. The number of halogens is 1. The molecular formula is C22H22FN3O5S. The topological polar surface area (TPSA) is 105 Å². The quantitative estimate of drug-likeness (QED) is 0.511. The summed E-state index contributed by atoms with van der Waals surface area (Å²) in [6.45, 7) is 1.21. The fraction of sp³-hybridized carbons (Fsp3) is 0.364. The van der Waals surface area contributed by atoms with Crippen molar-refractivity contribution in [3.05, 3.63) is 51.7 Å². The first-order valence-corrected chi connectivity index (χ1v) is 11.0. The molecule has 1 aromatic carbocycles. The van der Waals surface area contributed by atoms with Crippen LogP contribution < -0.4 is 10.6 Å². The maximum Gasteiger partial charge on any atom is 0.341 e. The molecule has 2 N–H and O–H groups in total. The van der Waals surface area contributed by atoms with E-state index in [2.05, 4.69) is 10.6 Å². The highest BCUT2D eigenvalue weighted by molar-refractivity contribution is 7.17. The van der Waals surface area contributed by atoms with Gasteiger partial charge < -0.3 is 15.4 Å². The minimum atomic E-state index is -1.37. The van der Waals surface area contributed by atoms with Gasteiger partial charge in [-0.2, -0.15) is 0 Å². The number of nitrogens with one attached hydrogen (secondary N) is 2. The molecule has 1 aliphatic heterocycles. The number of methoxy groups -OCH3 is 1. The number of ether oxygens (including phenoxy) is 1. The molecule has 32 heavy (non-hydrogen) atoms. The van der Waals surface area contributed by atoms with Crippen LogP contribution in [0.2, 0.25) is 0 Å². The molecule has 4 amide bonds. The number of nitrogens with zero attached hydrogens (tertiary/aromatic N) is 1. The van der Waals surface area contributed by atoms with Crippen LogP contribution in [0.3, 0.4) is 0 Å². The second kappa shape index (κ2) is 8.34. The Kier molecular flexibility index (Phi) is 5.72. The summed E-state index contributed by atoms with van der Waals surface area (Å²) in [5, 5.41) is 5.69. The largest absolute Gasteiger partial charge is 0.465 e. The maximum absolute atomic E-state index is 13.3. The summed E-state index contributed by atoms with van der Waals surface area (Å²) < 4.78 is 18.2. The van der Waals surface area contributed by atoms with E-state index in [4.69, 9.17) is 4.74 Å². The molecule has 1 unspecified atom stereocenters. The van der Waals surface area contributed by atoms with Crippen LogP contribution >= 0.6 is 11.3 Å². The molecular weight excluding hydrogens is 437 g/mol. The van der Waals surface area contributed by atoms with Crippen molar-refractivity contribution < 1.29 is 28.3 Å². The molecule has 2 heterocycles. The number of benzene rings is 1. The third kappa shape index (κ3) is 3.54. The SMILES string of the molecule is CCC1(c2ccc(F)cc2)NC(=O)N(CC(=O)Nc2sc3c(c2C(=O)OC)CCC3)C1=O. The minimum absolute atomic E-state index is 0.228. The van der Waals surface area contributed by atoms with Gasteiger partial charge in [0.15, 0.2) is 0 Å². The Morgan fingerprint density at radius 2 is 1.97 bits per heavy atom. The van der Waals surface area contributed by atoms with E-state index in [0.717, 1.165) is 34.6 Å². The number of carbonyl (C=O) groups is 4. The predicted octanol–water partition coefficient (Wildman–Crippen LogP) is 2.96. The van der Waals surface area contributed by atoms with E-state index in [1.54, 1.807) is 6.92 Å². The van der Waals surface area contributed by atoms with Gasteiger partial charge in [-0.25, -0.2) is 14.0 Å². The highest BCUT2D eigenvalue weighted by atomic mass is 32.1. The first-order chi connectivity index (χ1) is 15.3. The number of thiophene rings is 1. The van der Waals surface area contributed by atoms with E-state index in [-0.39, 0.29) is 6.42 Å². The van der Waals surface area contributed by atoms with E-state index >= 15 is 0 Å². The fourth-order valence-corrected chi connectivity index (χ4v) is 5.56. The van der Waals surface area contributed by atoms with Gasteiger partial charge in [0.1, 0.15) is 22.9 Å². The van der Waals surface area contributed by atoms with Crippen molar-refractivity contribution in [2.75, 3.05) is 19.0 Å². The molecule has 0 saturated carbocycles. The molecule has 2 aromatic rings. The number of anilines is 1. The number of aryl methyl sites for hydroxylation is 1. The van der Waals surface area contributed by atoms with Crippen molar-refractivity contribution in [1.82, 2.24) is 10.2 Å². The maximum atomic E-state index is 13.3. The van der Waals surface area contributed by atoms with Gasteiger partial charge in [-0.15, -0.1) is 11.3 Å². The summed E-state index contributed by atoms with van der Waals surface area (Å²) >= 11 is 1.31. The van der Waals surface area contributed by atoms with E-state index in [1.165, 1.54) is 42.7 Å². The van der Waals surface area contributed by atoms with Gasteiger partial charge in [0.25, 0.3) is 5.91 Å². The highest BCUT2D eigenvalue weighted by Crippen LogP contribution is 2.39. The van der Waals surface area contributed by atoms with Gasteiger partial charge in [-0.05, 0) is 48.9 Å². The number of imide groups is 1. The minimum Gasteiger partial charge on any atom is -0.465 e. The lowest BCUT2D eigenvalue weighted by Gasteiger charge is -2.25. The van der Waals surface area contributed by atoms with Crippen molar-refractivity contribution in [3.8, 4) is 0 Å². The number of hydrogen-bond acceptors (Lipinski definition) is 6. The van der Waals surface area contributed by atoms with Crippen LogP contribution in [-0.4, -0.2) is 42.4 Å². The fourth-order valence-electron chi connectivity index (χ4n) is 4.26. The average molecular weight is 459 g/mol. The van der Waals surface area contributed by atoms with Crippen LogP contribution in [0.1, 0.15) is 46.1 Å². The lowest BCUT2D eigenvalue weighted by Crippen LogP contribution is -2.44. The molecule has 168 valence electrons. The third-order valence-electron chi connectivity index (χ3n) is 5.91. The zero-order valence-corrected chi connectivity index (χ0v) is 18.4. The van der Waals surface area contributed by atoms with Crippen molar-refractivity contribution in [3.63, 3.8) is 0 Å². The molecule has 4 rings (SSSR count). The van der Waals surface area contributed by atoms with E-state index in [1.807, 2.05) is 0 Å². The number of fused-ring (bicyclic) bond motifs is 1. The Morgan fingerprint density at radius 3 is 2.62 bits per heavy atom. The van der Waals surface area contributed by atoms with E-state index in [0.29, 0.717) is 16.1 Å². The van der Waals surface area contributed by atoms with Gasteiger partial charge in [-0.1, -0.05) is 19.1 Å². The Morgan fingerprint density at radius 1 is 1.25 bits per heavy atom. The number of esters is 1. The summed E-state index contributed by atoms with van der Waals surface area (Å²) in [6.07, 6.45) is 2.72. The van der Waals surface area contributed by atoms with Gasteiger partial charge in [0.2, 0.25) is 5.91 Å². The van der Waals surface area contributed by atoms with Gasteiger partial charge in [-0.3, -0.25) is 14.5 Å². The number of rotatable bonds is 6. The lowest BCUT2D eigenvalue weighted by atomic mass is 9.87. The normalized spacial score (nSPS) is 19.7. The van der Waals surface area contributed by atoms with Crippen molar-refractivity contribution in [1.29, 1.82) is 0 Å². The number of urea groups is 1. The van der Waals surface area contributed by atoms with Crippen molar-refractivity contribution in [2.45, 2.75) is 38.1 Å². The molecule has 8 nitrogen and oxygen atoms in total. The molecule has 0 radical (unpaired) electrons. The van der Waals surface area contributed by atoms with Crippen molar-refractivity contribution >= 4 is 40.2 Å². The van der Waals surface area contributed by atoms with Crippen LogP contribution in [0.4, 0.5) is 14.2 Å². The standard InChI is InChI=1S/C22H22FN3O5S/c1-3-22(12-7-9-13(23)10-8-12)20(29)26(21(30)25-22)11-16(27)24-18-17(19(28)31-2)14-5-4-6-15(14)32-18/h7-10H,3-6,11H2,1-2H3,(H,24,27)(H,25,30). The molecule has 0 spiro atoms. The van der Waals surface area contributed by atoms with E-state index in [9.17, 15) is 23.6 Å². The third-order valence-corrected chi connectivity index (χ3v) is 7.12. The molecule has 2 aliphatic rings. The second-order valence-corrected chi connectivity index (χ2v) is 8.79. The first kappa shape index (κ1) is 21.9. The molecule has 0 bridgehead atoms. The molecule has 1 fully saturated rings. The Labute approximate surface area is 187 Å². The molecule has 1 saturated heterocycles. The number of hydrogen-bond donors (Lipinski definition) is 2. The van der Waals surface area contributed by atoms with Gasteiger partial charge in [0, 0.05) is 4.88 Å². The zero-order chi connectivity index (χ0) is 23.0. The Balaban J connectivity index is 1.54. The number of amides is 4. The number of carbonyl (C=O) groups excluding carboxylic acids is 4. The smallest absolute Gasteiger partial charge is 0.341 e. The highest BCUT2D eigenvalue weighted by Gasteiger charge is 2.51. The molecule has 1 atom stereocenters. The Hall–Kier alpha value is -3.27. The summed E-state index contributed by atoms with van der Waals surface area (Å²) in [7, 11) is 1.28. The van der Waals surface area contributed by atoms with Gasteiger partial charge >= 0.3 is 12.0 Å². The zero-order valence-electron chi connectivity index (χ0n) is 17.6. The van der Waals surface area contributed by atoms with Crippen LogP contribution in [0.15, 0.2) is 24.3 Å². The summed E-state index contributed by atoms with van der Waals surface area (Å²) in [6, 6.07) is 4.60. The summed E-state index contributed by atoms with van der Waals surface area (Å²) in [5.74, 6) is -2.19. The predicted molar refractivity (Wildman–Crippen MR) is 115 cm³/mol. The van der Waals surface area contributed by atoms with Crippen LogP contribution in [0, 0.1) is 5.82 Å². The van der Waals surface area contributed by atoms with Crippen LogP contribution in [-0.2, 0) is 32.7 Å². The van der Waals surface area contributed by atoms with E-state index < -0.39 is 41.7 Å². The van der Waals surface area contributed by atoms with Crippen LogP contribution in [0.5, 0.6) is 0 Å². The second-order valence-electron chi connectivity index (χ2n) is 7.69. The lowest BCUT2D eigenvalue weighted by molar-refractivity contribution is -0.134. The molecule has 1 aromatic heterocycles. The first-order valence-electron chi connectivity index (χ1n) is 10.2. The summed E-state index contributed by atoms with van der Waals surface area (Å²) in [4.78, 5) is 52.6. The van der Waals surface area contributed by atoms with Crippen LogP contribution in [0.25, 0.3) is 0 Å². The Bertz CT molecular complexity index is 1110.